The largest absolute Gasteiger partial charge is 0.385 e. The van der Waals surface area contributed by atoms with Crippen LogP contribution in [0.4, 0.5) is 0 Å². The van der Waals surface area contributed by atoms with Crippen molar-refractivity contribution in [3.8, 4) is 0 Å². The van der Waals surface area contributed by atoms with Gasteiger partial charge in [-0.05, 0) is 13.3 Å². The molecule has 17 heavy (non-hydrogen) atoms. The maximum Gasteiger partial charge on any atom is 0.178 e. The zero-order valence-electron chi connectivity index (χ0n) is 10.2. The standard InChI is InChI=1S/C13H18O3S/c1-11(17(15)10-6-9-16-2)13(14)12-7-4-3-5-8-12/h3-5,7-8,11H,6,9-10H2,1-2H3. The first-order valence-electron chi connectivity index (χ1n) is 5.62. The van der Waals surface area contributed by atoms with Gasteiger partial charge in [0.25, 0.3) is 0 Å². The molecule has 4 heteroatoms. The van der Waals surface area contributed by atoms with Crippen molar-refractivity contribution in [3.63, 3.8) is 0 Å². The van der Waals surface area contributed by atoms with Gasteiger partial charge in [0.1, 0.15) is 0 Å². The van der Waals surface area contributed by atoms with Crippen molar-refractivity contribution in [2.45, 2.75) is 18.6 Å². The van der Waals surface area contributed by atoms with E-state index in [4.69, 9.17) is 4.74 Å². The third-order valence-electron chi connectivity index (χ3n) is 2.52. The number of benzene rings is 1. The van der Waals surface area contributed by atoms with Crippen molar-refractivity contribution in [3.05, 3.63) is 35.9 Å². The number of rotatable bonds is 7. The monoisotopic (exact) mass is 254 g/mol. The molecule has 0 amide bonds. The fourth-order valence-electron chi connectivity index (χ4n) is 1.48. The highest BCUT2D eigenvalue weighted by atomic mass is 32.2. The molecule has 0 saturated carbocycles. The van der Waals surface area contributed by atoms with Gasteiger partial charge < -0.3 is 4.74 Å². The zero-order valence-corrected chi connectivity index (χ0v) is 11.0. The van der Waals surface area contributed by atoms with Gasteiger partial charge in [-0.2, -0.15) is 0 Å². The van der Waals surface area contributed by atoms with Gasteiger partial charge in [0.15, 0.2) is 5.78 Å². The van der Waals surface area contributed by atoms with Gasteiger partial charge in [-0.3, -0.25) is 9.00 Å². The minimum Gasteiger partial charge on any atom is -0.385 e. The minimum absolute atomic E-state index is 0.0543. The molecule has 0 aromatic heterocycles. The molecule has 2 atom stereocenters. The summed E-state index contributed by atoms with van der Waals surface area (Å²) >= 11 is 0. The summed E-state index contributed by atoms with van der Waals surface area (Å²) in [5.41, 5.74) is 0.625. The summed E-state index contributed by atoms with van der Waals surface area (Å²) in [5.74, 6) is 0.453. The van der Waals surface area contributed by atoms with E-state index in [-0.39, 0.29) is 5.78 Å². The number of Topliss-reactive ketones (excluding diaryl/α,β-unsaturated/α-hetero) is 1. The van der Waals surface area contributed by atoms with Crippen LogP contribution in [0.15, 0.2) is 30.3 Å². The Hall–Kier alpha value is -1.00. The highest BCUT2D eigenvalue weighted by Crippen LogP contribution is 2.08. The molecular weight excluding hydrogens is 236 g/mol. The van der Waals surface area contributed by atoms with E-state index >= 15 is 0 Å². The van der Waals surface area contributed by atoms with Gasteiger partial charge in [-0.15, -0.1) is 0 Å². The Balaban J connectivity index is 2.55. The number of carbonyl (C=O) groups is 1. The zero-order chi connectivity index (χ0) is 12.7. The topological polar surface area (TPSA) is 43.4 Å². The summed E-state index contributed by atoms with van der Waals surface area (Å²) < 4.78 is 16.8. The summed E-state index contributed by atoms with van der Waals surface area (Å²) in [5, 5.41) is -0.450. The average molecular weight is 254 g/mol. The molecule has 0 aliphatic heterocycles. The fourth-order valence-corrected chi connectivity index (χ4v) is 2.61. The SMILES string of the molecule is COCCCS(=O)C(C)C(=O)c1ccccc1. The molecule has 1 aromatic carbocycles. The second-order valence-electron chi connectivity index (χ2n) is 3.80. The maximum atomic E-state index is 12.0. The first-order chi connectivity index (χ1) is 8.16. The second-order valence-corrected chi connectivity index (χ2v) is 5.68. The lowest BCUT2D eigenvalue weighted by molar-refractivity contribution is 0.0992. The predicted molar refractivity (Wildman–Crippen MR) is 69.7 cm³/mol. The highest BCUT2D eigenvalue weighted by Gasteiger charge is 2.20. The molecule has 0 bridgehead atoms. The number of ketones is 1. The summed E-state index contributed by atoms with van der Waals surface area (Å²) in [6, 6.07) is 9.00. The van der Waals surface area contributed by atoms with E-state index in [1.807, 2.05) is 18.2 Å². The van der Waals surface area contributed by atoms with E-state index in [0.29, 0.717) is 17.9 Å². The van der Waals surface area contributed by atoms with Crippen LogP contribution in [0.3, 0.4) is 0 Å². The second kappa shape index (κ2) is 7.35. The summed E-state index contributed by atoms with van der Waals surface area (Å²) in [4.78, 5) is 12.0. The molecule has 0 aliphatic carbocycles. The fraction of sp³-hybridized carbons (Fsp3) is 0.462. The molecule has 1 aromatic rings. The number of ether oxygens (including phenoxy) is 1. The van der Waals surface area contributed by atoms with Crippen LogP contribution in [-0.4, -0.2) is 34.7 Å². The maximum absolute atomic E-state index is 12.0. The van der Waals surface area contributed by atoms with Gasteiger partial charge in [0.2, 0.25) is 0 Å². The van der Waals surface area contributed by atoms with Gasteiger partial charge >= 0.3 is 0 Å². The molecule has 3 nitrogen and oxygen atoms in total. The Morgan fingerprint density at radius 1 is 1.35 bits per heavy atom. The molecule has 0 fully saturated rings. The molecule has 0 radical (unpaired) electrons. The summed E-state index contributed by atoms with van der Waals surface area (Å²) in [6.45, 7) is 2.30. The van der Waals surface area contributed by atoms with Gasteiger partial charge in [0.05, 0.1) is 5.25 Å². The quantitative estimate of drug-likeness (QED) is 0.552. The van der Waals surface area contributed by atoms with E-state index in [0.717, 1.165) is 6.42 Å². The predicted octanol–water partition coefficient (Wildman–Crippen LogP) is 2.04. The van der Waals surface area contributed by atoms with E-state index in [2.05, 4.69) is 0 Å². The Morgan fingerprint density at radius 2 is 2.00 bits per heavy atom. The molecule has 1 rings (SSSR count). The van der Waals surface area contributed by atoms with Crippen molar-refractivity contribution in [1.82, 2.24) is 0 Å². The lowest BCUT2D eigenvalue weighted by Gasteiger charge is -2.10. The third-order valence-corrected chi connectivity index (χ3v) is 4.21. The first kappa shape index (κ1) is 14.1. The van der Waals surface area contributed by atoms with Crippen molar-refractivity contribution in [2.24, 2.45) is 0 Å². The third kappa shape index (κ3) is 4.40. The Labute approximate surface area is 105 Å². The van der Waals surface area contributed by atoms with Crippen LogP contribution in [0, 0.1) is 0 Å². The van der Waals surface area contributed by atoms with E-state index in [1.165, 1.54) is 0 Å². The van der Waals surface area contributed by atoms with Crippen LogP contribution >= 0.6 is 0 Å². The van der Waals surface area contributed by atoms with Crippen LogP contribution in [0.1, 0.15) is 23.7 Å². The number of carbonyl (C=O) groups excluding carboxylic acids is 1. The van der Waals surface area contributed by atoms with E-state index in [9.17, 15) is 9.00 Å². The van der Waals surface area contributed by atoms with Crippen molar-refractivity contribution in [1.29, 1.82) is 0 Å². The molecule has 0 spiro atoms. The van der Waals surface area contributed by atoms with Crippen LogP contribution < -0.4 is 0 Å². The van der Waals surface area contributed by atoms with Gasteiger partial charge in [0, 0.05) is 35.8 Å². The summed E-state index contributed by atoms with van der Waals surface area (Å²) in [7, 11) is 0.486. The number of hydrogen-bond donors (Lipinski definition) is 0. The van der Waals surface area contributed by atoms with Crippen molar-refractivity contribution in [2.75, 3.05) is 19.5 Å². The number of hydrogen-bond acceptors (Lipinski definition) is 3. The Bertz CT molecular complexity index is 376. The molecule has 0 N–H and O–H groups in total. The van der Waals surface area contributed by atoms with E-state index in [1.54, 1.807) is 26.2 Å². The lowest BCUT2D eigenvalue weighted by atomic mass is 10.1. The molecule has 94 valence electrons. The van der Waals surface area contributed by atoms with Crippen LogP contribution in [0.2, 0.25) is 0 Å². The summed E-state index contributed by atoms with van der Waals surface area (Å²) in [6.07, 6.45) is 0.718. The highest BCUT2D eigenvalue weighted by molar-refractivity contribution is 7.86. The van der Waals surface area contributed by atoms with Gasteiger partial charge in [-0.25, -0.2) is 0 Å². The van der Waals surface area contributed by atoms with E-state index < -0.39 is 16.0 Å². The smallest absolute Gasteiger partial charge is 0.178 e. The average Bonchev–Trinajstić information content (AvgIpc) is 2.38. The first-order valence-corrected chi connectivity index (χ1v) is 7.00. The molecule has 0 saturated heterocycles. The number of methoxy groups -OCH3 is 1. The molecule has 0 aliphatic rings. The Morgan fingerprint density at radius 3 is 2.59 bits per heavy atom. The van der Waals surface area contributed by atoms with Crippen molar-refractivity contribution < 1.29 is 13.7 Å². The lowest BCUT2D eigenvalue weighted by Crippen LogP contribution is -2.24. The molecule has 0 heterocycles. The molecular formula is C13H18O3S. The normalized spacial score (nSPS) is 14.2. The van der Waals surface area contributed by atoms with Gasteiger partial charge in [-0.1, -0.05) is 30.3 Å². The van der Waals surface area contributed by atoms with Crippen LogP contribution in [0.25, 0.3) is 0 Å². The van der Waals surface area contributed by atoms with Crippen LogP contribution in [-0.2, 0) is 15.5 Å². The Kier molecular flexibility index (Phi) is 6.08. The minimum atomic E-state index is -1.13. The molecule has 2 unspecified atom stereocenters. The van der Waals surface area contributed by atoms with Crippen LogP contribution in [0.5, 0.6) is 0 Å². The van der Waals surface area contributed by atoms with Crippen molar-refractivity contribution >= 4 is 16.6 Å².